The van der Waals surface area contributed by atoms with Crippen molar-refractivity contribution >= 4 is 22.7 Å². The highest BCUT2D eigenvalue weighted by Gasteiger charge is 2.17. The zero-order valence-electron chi connectivity index (χ0n) is 16.9. The molecule has 1 N–H and O–H groups in total. The Balaban J connectivity index is 1.67. The number of nitrogens with zero attached hydrogens (tertiary/aromatic N) is 4. The Labute approximate surface area is 177 Å². The maximum atomic E-state index is 13.0. The molecular formula is C22H21N5O2S. The molecule has 2 aromatic carbocycles. The van der Waals surface area contributed by atoms with Crippen molar-refractivity contribution in [2.45, 2.75) is 20.8 Å². The third-order valence-electron chi connectivity index (χ3n) is 4.46. The van der Waals surface area contributed by atoms with Crippen LogP contribution in [0.2, 0.25) is 0 Å². The molecule has 0 saturated heterocycles. The maximum Gasteiger partial charge on any atom is 0.301 e. The number of rotatable bonds is 6. The second-order valence-corrected chi connectivity index (χ2v) is 7.81. The quantitative estimate of drug-likeness (QED) is 0.406. The highest BCUT2D eigenvalue weighted by atomic mass is 32.1. The molecule has 0 aliphatic rings. The van der Waals surface area contributed by atoms with Gasteiger partial charge in [0.2, 0.25) is 5.13 Å². The van der Waals surface area contributed by atoms with Crippen molar-refractivity contribution in [1.29, 1.82) is 0 Å². The number of hydrogen-bond acceptors (Lipinski definition) is 6. The fourth-order valence-electron chi connectivity index (χ4n) is 3.04. The van der Waals surface area contributed by atoms with E-state index in [1.807, 2.05) is 62.4 Å². The van der Waals surface area contributed by atoms with Gasteiger partial charge in [-0.2, -0.15) is 9.80 Å². The van der Waals surface area contributed by atoms with Crippen molar-refractivity contribution in [3.63, 3.8) is 0 Å². The standard InChI is InChI=1S/C22H21N5O2S/c1-4-29-18-12-8-11-17(13-18)24-25-19-14(2)26-27(21(19)28)22-23-20(15(3)30-22)16-9-6-5-7-10-16/h5-13,26H,4H2,1-3H3. The number of aromatic amines is 1. The van der Waals surface area contributed by atoms with Gasteiger partial charge in [0.1, 0.15) is 5.75 Å². The van der Waals surface area contributed by atoms with E-state index in [2.05, 4.69) is 20.3 Å². The molecule has 0 aliphatic heterocycles. The van der Waals surface area contributed by atoms with Gasteiger partial charge in [-0.3, -0.25) is 9.89 Å². The molecule has 2 heterocycles. The molecule has 4 aromatic rings. The van der Waals surface area contributed by atoms with Crippen molar-refractivity contribution in [3.05, 3.63) is 75.5 Å². The number of nitrogens with one attached hydrogen (secondary N) is 1. The summed E-state index contributed by atoms with van der Waals surface area (Å²) in [6, 6.07) is 17.2. The molecule has 4 rings (SSSR count). The molecule has 0 aliphatic carbocycles. The van der Waals surface area contributed by atoms with E-state index in [1.54, 1.807) is 13.0 Å². The van der Waals surface area contributed by atoms with Crippen molar-refractivity contribution < 1.29 is 4.74 Å². The molecule has 7 nitrogen and oxygen atoms in total. The molecule has 0 spiro atoms. The summed E-state index contributed by atoms with van der Waals surface area (Å²) in [5.74, 6) is 0.712. The number of thiazole rings is 1. The Morgan fingerprint density at radius 2 is 1.90 bits per heavy atom. The van der Waals surface area contributed by atoms with Gasteiger partial charge < -0.3 is 4.74 Å². The number of ether oxygens (including phenoxy) is 1. The summed E-state index contributed by atoms with van der Waals surface area (Å²) >= 11 is 1.45. The molecular weight excluding hydrogens is 398 g/mol. The van der Waals surface area contributed by atoms with Crippen LogP contribution in [0.4, 0.5) is 11.4 Å². The summed E-state index contributed by atoms with van der Waals surface area (Å²) < 4.78 is 6.90. The normalized spacial score (nSPS) is 11.3. The lowest BCUT2D eigenvalue weighted by Crippen LogP contribution is -2.13. The van der Waals surface area contributed by atoms with Gasteiger partial charge in [0.25, 0.3) is 0 Å². The van der Waals surface area contributed by atoms with Crippen LogP contribution in [0.25, 0.3) is 16.4 Å². The first-order chi connectivity index (χ1) is 14.6. The summed E-state index contributed by atoms with van der Waals surface area (Å²) in [5.41, 5.74) is 3.09. The topological polar surface area (TPSA) is 84.6 Å². The van der Waals surface area contributed by atoms with Crippen molar-refractivity contribution in [2.75, 3.05) is 6.61 Å². The number of benzene rings is 2. The zero-order chi connectivity index (χ0) is 21.1. The second-order valence-electron chi connectivity index (χ2n) is 6.62. The summed E-state index contributed by atoms with van der Waals surface area (Å²) in [6.45, 7) is 6.28. The highest BCUT2D eigenvalue weighted by Crippen LogP contribution is 2.29. The molecule has 152 valence electrons. The summed E-state index contributed by atoms with van der Waals surface area (Å²) in [6.07, 6.45) is 0. The monoisotopic (exact) mass is 419 g/mol. The van der Waals surface area contributed by atoms with Crippen LogP contribution < -0.4 is 10.3 Å². The van der Waals surface area contributed by atoms with E-state index in [-0.39, 0.29) is 11.2 Å². The fraction of sp³-hybridized carbons (Fsp3) is 0.182. The number of hydrogen-bond donors (Lipinski definition) is 1. The third kappa shape index (κ3) is 3.95. The van der Waals surface area contributed by atoms with Crippen molar-refractivity contribution in [3.8, 4) is 22.1 Å². The van der Waals surface area contributed by atoms with Crippen LogP contribution in [-0.4, -0.2) is 21.4 Å². The van der Waals surface area contributed by atoms with Gasteiger partial charge in [0, 0.05) is 16.5 Å². The van der Waals surface area contributed by atoms with Crippen LogP contribution in [0.15, 0.2) is 69.6 Å². The Hall–Kier alpha value is -3.52. The minimum absolute atomic E-state index is 0.255. The van der Waals surface area contributed by atoms with Crippen LogP contribution in [0.1, 0.15) is 17.5 Å². The van der Waals surface area contributed by atoms with Gasteiger partial charge in [0.05, 0.1) is 23.7 Å². The lowest BCUT2D eigenvalue weighted by molar-refractivity contribution is 0.340. The number of aromatic nitrogens is 3. The van der Waals surface area contributed by atoms with Crippen LogP contribution in [-0.2, 0) is 0 Å². The number of H-pyrrole nitrogens is 1. The Morgan fingerprint density at radius 3 is 2.67 bits per heavy atom. The Bertz CT molecular complexity index is 1250. The molecule has 0 unspecified atom stereocenters. The fourth-order valence-corrected chi connectivity index (χ4v) is 3.93. The van der Waals surface area contributed by atoms with Crippen LogP contribution in [0, 0.1) is 13.8 Å². The second kappa shape index (κ2) is 8.46. The van der Waals surface area contributed by atoms with Crippen LogP contribution in [0.5, 0.6) is 5.75 Å². The zero-order valence-corrected chi connectivity index (χ0v) is 17.7. The molecule has 0 atom stereocenters. The molecule has 0 bridgehead atoms. The van der Waals surface area contributed by atoms with E-state index in [0.29, 0.717) is 28.9 Å². The first-order valence-electron chi connectivity index (χ1n) is 9.56. The van der Waals surface area contributed by atoms with E-state index in [1.165, 1.54) is 16.0 Å². The van der Waals surface area contributed by atoms with Crippen molar-refractivity contribution in [1.82, 2.24) is 14.8 Å². The summed E-state index contributed by atoms with van der Waals surface area (Å²) in [5, 5.41) is 12.0. The molecule has 8 heteroatoms. The predicted octanol–water partition coefficient (Wildman–Crippen LogP) is 5.72. The number of aryl methyl sites for hydroxylation is 2. The first-order valence-corrected chi connectivity index (χ1v) is 10.4. The van der Waals surface area contributed by atoms with E-state index < -0.39 is 0 Å². The summed E-state index contributed by atoms with van der Waals surface area (Å²) in [7, 11) is 0. The predicted molar refractivity (Wildman–Crippen MR) is 119 cm³/mol. The van der Waals surface area contributed by atoms with E-state index in [9.17, 15) is 4.79 Å². The largest absolute Gasteiger partial charge is 0.494 e. The van der Waals surface area contributed by atoms with Crippen molar-refractivity contribution in [2.24, 2.45) is 10.2 Å². The van der Waals surface area contributed by atoms with Crippen LogP contribution >= 0.6 is 11.3 Å². The van der Waals surface area contributed by atoms with E-state index in [4.69, 9.17) is 4.74 Å². The van der Waals surface area contributed by atoms with Crippen LogP contribution in [0.3, 0.4) is 0 Å². The lowest BCUT2D eigenvalue weighted by atomic mass is 10.1. The Kier molecular flexibility index (Phi) is 5.58. The molecule has 0 amide bonds. The molecule has 0 saturated carbocycles. The third-order valence-corrected chi connectivity index (χ3v) is 5.41. The van der Waals surface area contributed by atoms with Gasteiger partial charge in [-0.1, -0.05) is 47.7 Å². The average Bonchev–Trinajstić information content (AvgIpc) is 3.27. The molecule has 30 heavy (non-hydrogen) atoms. The van der Waals surface area contributed by atoms with Gasteiger partial charge in [-0.05, 0) is 32.9 Å². The molecule has 2 aromatic heterocycles. The molecule has 0 fully saturated rings. The first kappa shape index (κ1) is 19.8. The summed E-state index contributed by atoms with van der Waals surface area (Å²) in [4.78, 5) is 18.7. The average molecular weight is 420 g/mol. The van der Waals surface area contributed by atoms with E-state index in [0.717, 1.165) is 16.1 Å². The van der Waals surface area contributed by atoms with Gasteiger partial charge >= 0.3 is 5.56 Å². The molecule has 0 radical (unpaired) electrons. The van der Waals surface area contributed by atoms with E-state index >= 15 is 0 Å². The lowest BCUT2D eigenvalue weighted by Gasteiger charge is -2.01. The minimum atomic E-state index is -0.287. The highest BCUT2D eigenvalue weighted by molar-refractivity contribution is 7.14. The minimum Gasteiger partial charge on any atom is -0.494 e. The smallest absolute Gasteiger partial charge is 0.301 e. The number of azo groups is 1. The van der Waals surface area contributed by atoms with Gasteiger partial charge in [0.15, 0.2) is 5.69 Å². The van der Waals surface area contributed by atoms with Gasteiger partial charge in [-0.25, -0.2) is 4.98 Å². The maximum absolute atomic E-state index is 13.0. The van der Waals surface area contributed by atoms with Gasteiger partial charge in [-0.15, -0.1) is 5.11 Å². The Morgan fingerprint density at radius 1 is 1.10 bits per heavy atom. The SMILES string of the molecule is CCOc1cccc(N=Nc2c(C)[nH]n(-c3nc(-c4ccccc4)c(C)s3)c2=O)c1.